The molecule has 3 heterocycles. The van der Waals surface area contributed by atoms with Crippen molar-refractivity contribution in [1.29, 1.82) is 0 Å². The van der Waals surface area contributed by atoms with Crippen LogP contribution in [0.2, 0.25) is 0 Å². The van der Waals surface area contributed by atoms with Gasteiger partial charge in [0.2, 0.25) is 5.91 Å². The van der Waals surface area contributed by atoms with Gasteiger partial charge in [-0.25, -0.2) is 0 Å². The first-order valence-electron chi connectivity index (χ1n) is 9.91. The fourth-order valence-electron chi connectivity index (χ4n) is 3.63. The molecule has 1 aliphatic heterocycles. The largest absolute Gasteiger partial charge is 0.467 e. The highest BCUT2D eigenvalue weighted by Crippen LogP contribution is 2.43. The van der Waals surface area contributed by atoms with Gasteiger partial charge in [-0.15, -0.1) is 11.3 Å². The molecule has 1 aromatic carbocycles. The van der Waals surface area contributed by atoms with Crippen LogP contribution in [0.25, 0.3) is 0 Å². The predicted molar refractivity (Wildman–Crippen MR) is 115 cm³/mol. The van der Waals surface area contributed by atoms with Crippen molar-refractivity contribution < 1.29 is 23.5 Å². The van der Waals surface area contributed by atoms with Gasteiger partial charge < -0.3 is 19.4 Å². The van der Waals surface area contributed by atoms with Crippen LogP contribution in [0.5, 0.6) is 0 Å². The van der Waals surface area contributed by atoms with Gasteiger partial charge in [0.1, 0.15) is 5.76 Å². The number of aryl methyl sites for hydroxylation is 1. The molecule has 3 aromatic rings. The summed E-state index contributed by atoms with van der Waals surface area (Å²) in [6.45, 7) is 1.78. The van der Waals surface area contributed by atoms with Crippen molar-refractivity contribution in [3.8, 4) is 0 Å². The second-order valence-electron chi connectivity index (χ2n) is 7.33. The Labute approximate surface area is 183 Å². The number of thiophene rings is 1. The Morgan fingerprint density at radius 1 is 1.19 bits per heavy atom. The minimum absolute atomic E-state index is 0.0310. The van der Waals surface area contributed by atoms with E-state index in [-0.39, 0.29) is 18.9 Å². The third kappa shape index (κ3) is 4.69. The molecule has 4 rings (SSSR count). The molecule has 2 amide bonds. The molecular formula is C23H22N2O5S. The van der Waals surface area contributed by atoms with E-state index >= 15 is 0 Å². The van der Waals surface area contributed by atoms with Crippen molar-refractivity contribution in [2.24, 2.45) is 5.92 Å². The Balaban J connectivity index is 1.46. The number of anilines is 1. The number of nitrogens with one attached hydrogen (secondary N) is 1. The highest BCUT2D eigenvalue weighted by Gasteiger charge is 2.46. The summed E-state index contributed by atoms with van der Waals surface area (Å²) >= 11 is 1.48. The molecule has 1 saturated heterocycles. The number of hydrogen-bond acceptors (Lipinski definition) is 6. The number of furan rings is 1. The van der Waals surface area contributed by atoms with Gasteiger partial charge in [-0.3, -0.25) is 14.4 Å². The number of ether oxygens (including phenoxy) is 1. The van der Waals surface area contributed by atoms with Crippen LogP contribution in [-0.4, -0.2) is 24.4 Å². The van der Waals surface area contributed by atoms with Crippen molar-refractivity contribution in [2.75, 3.05) is 11.5 Å². The molecular weight excluding hydrogens is 416 g/mol. The van der Waals surface area contributed by atoms with Crippen LogP contribution in [0.15, 0.2) is 64.6 Å². The molecule has 1 fully saturated rings. The molecule has 0 bridgehead atoms. The first-order chi connectivity index (χ1) is 15.0. The second kappa shape index (κ2) is 9.18. The van der Waals surface area contributed by atoms with E-state index in [0.29, 0.717) is 5.76 Å². The highest BCUT2D eigenvalue weighted by molar-refractivity contribution is 7.10. The standard InChI is InChI=1S/C23H22N2O5S/c1-15-6-8-16(9-7-15)25-21(27)12-18(22(25)19-5-3-11-31-19)23(28)30-14-20(26)24-13-17-4-2-10-29-17/h2-11,18,22H,12-14H2,1H3,(H,24,26)/t18-,22-/m0/s1. The number of esters is 1. The summed E-state index contributed by atoms with van der Waals surface area (Å²) in [5.74, 6) is -1.23. The first-order valence-corrected chi connectivity index (χ1v) is 10.8. The maximum absolute atomic E-state index is 12.9. The third-order valence-electron chi connectivity index (χ3n) is 5.16. The maximum atomic E-state index is 12.9. The minimum atomic E-state index is -0.690. The van der Waals surface area contributed by atoms with Crippen LogP contribution in [-0.2, 0) is 25.7 Å². The zero-order chi connectivity index (χ0) is 21.8. The zero-order valence-electron chi connectivity index (χ0n) is 16.9. The van der Waals surface area contributed by atoms with Gasteiger partial charge in [0.15, 0.2) is 6.61 Å². The Bertz CT molecular complexity index is 1040. The van der Waals surface area contributed by atoms with E-state index < -0.39 is 30.4 Å². The SMILES string of the molecule is Cc1ccc(N2C(=O)C[C@H](C(=O)OCC(=O)NCc3ccco3)[C@H]2c2cccs2)cc1. The van der Waals surface area contributed by atoms with Gasteiger partial charge >= 0.3 is 5.97 Å². The van der Waals surface area contributed by atoms with Crippen molar-refractivity contribution in [1.82, 2.24) is 5.32 Å². The second-order valence-corrected chi connectivity index (χ2v) is 8.31. The number of nitrogens with zero attached hydrogens (tertiary/aromatic N) is 1. The highest BCUT2D eigenvalue weighted by atomic mass is 32.1. The Morgan fingerprint density at radius 3 is 2.68 bits per heavy atom. The Morgan fingerprint density at radius 2 is 2.00 bits per heavy atom. The summed E-state index contributed by atoms with van der Waals surface area (Å²) < 4.78 is 10.4. The van der Waals surface area contributed by atoms with Gasteiger partial charge in [-0.2, -0.15) is 0 Å². The third-order valence-corrected chi connectivity index (χ3v) is 6.10. The van der Waals surface area contributed by atoms with Crippen LogP contribution in [0.3, 0.4) is 0 Å². The molecule has 2 atom stereocenters. The number of carbonyl (C=O) groups is 3. The number of rotatable bonds is 7. The molecule has 1 N–H and O–H groups in total. The number of benzene rings is 1. The van der Waals surface area contributed by atoms with E-state index in [9.17, 15) is 14.4 Å². The monoisotopic (exact) mass is 438 g/mol. The molecule has 0 radical (unpaired) electrons. The summed E-state index contributed by atoms with van der Waals surface area (Å²) in [6, 6.07) is 14.4. The van der Waals surface area contributed by atoms with Crippen LogP contribution in [0.4, 0.5) is 5.69 Å². The summed E-state index contributed by atoms with van der Waals surface area (Å²) in [4.78, 5) is 40.4. The molecule has 8 heteroatoms. The summed E-state index contributed by atoms with van der Waals surface area (Å²) in [5, 5.41) is 4.55. The number of amides is 2. The molecule has 31 heavy (non-hydrogen) atoms. The van der Waals surface area contributed by atoms with Gasteiger partial charge in [0, 0.05) is 17.0 Å². The fourth-order valence-corrected chi connectivity index (χ4v) is 4.51. The van der Waals surface area contributed by atoms with Crippen molar-refractivity contribution in [3.63, 3.8) is 0 Å². The van der Waals surface area contributed by atoms with Crippen LogP contribution >= 0.6 is 11.3 Å². The average molecular weight is 439 g/mol. The molecule has 1 aliphatic rings. The molecule has 2 aromatic heterocycles. The van der Waals surface area contributed by atoms with Crippen LogP contribution in [0.1, 0.15) is 28.7 Å². The van der Waals surface area contributed by atoms with E-state index in [0.717, 1.165) is 16.1 Å². The zero-order valence-corrected chi connectivity index (χ0v) is 17.8. The lowest BCUT2D eigenvalue weighted by Gasteiger charge is -2.27. The lowest BCUT2D eigenvalue weighted by atomic mass is 9.99. The molecule has 0 spiro atoms. The summed E-state index contributed by atoms with van der Waals surface area (Å²) in [6.07, 6.45) is 1.55. The molecule has 160 valence electrons. The van der Waals surface area contributed by atoms with E-state index in [1.54, 1.807) is 17.0 Å². The van der Waals surface area contributed by atoms with Crippen LogP contribution in [0, 0.1) is 12.8 Å². The summed E-state index contributed by atoms with van der Waals surface area (Å²) in [5.41, 5.74) is 1.82. The molecule has 0 unspecified atom stereocenters. The van der Waals surface area contributed by atoms with Gasteiger partial charge in [0.25, 0.3) is 5.91 Å². The van der Waals surface area contributed by atoms with Crippen LogP contribution < -0.4 is 10.2 Å². The van der Waals surface area contributed by atoms with Crippen molar-refractivity contribution in [2.45, 2.75) is 25.9 Å². The van der Waals surface area contributed by atoms with Crippen molar-refractivity contribution in [3.05, 3.63) is 76.4 Å². The topological polar surface area (TPSA) is 88.8 Å². The number of carbonyl (C=O) groups excluding carboxylic acids is 3. The Hall–Kier alpha value is -3.39. The van der Waals surface area contributed by atoms with E-state index in [1.165, 1.54) is 17.6 Å². The summed E-state index contributed by atoms with van der Waals surface area (Å²) in [7, 11) is 0. The molecule has 0 aliphatic carbocycles. The minimum Gasteiger partial charge on any atom is -0.467 e. The maximum Gasteiger partial charge on any atom is 0.312 e. The van der Waals surface area contributed by atoms with Crippen molar-refractivity contribution >= 4 is 34.8 Å². The van der Waals surface area contributed by atoms with E-state index in [4.69, 9.17) is 9.15 Å². The van der Waals surface area contributed by atoms with Gasteiger partial charge in [0.05, 0.1) is 24.8 Å². The fraction of sp³-hybridized carbons (Fsp3) is 0.261. The lowest BCUT2D eigenvalue weighted by molar-refractivity contribution is -0.153. The quantitative estimate of drug-likeness (QED) is 0.570. The first kappa shape index (κ1) is 20.9. The Kier molecular flexibility index (Phi) is 6.18. The number of hydrogen-bond donors (Lipinski definition) is 1. The van der Waals surface area contributed by atoms with E-state index in [1.807, 2.05) is 48.7 Å². The molecule has 7 nitrogen and oxygen atoms in total. The lowest BCUT2D eigenvalue weighted by Crippen LogP contribution is -2.33. The molecule has 0 saturated carbocycles. The average Bonchev–Trinajstić information content (AvgIpc) is 3.52. The predicted octanol–water partition coefficient (Wildman–Crippen LogP) is 3.60. The smallest absolute Gasteiger partial charge is 0.312 e. The normalized spacial score (nSPS) is 18.2. The van der Waals surface area contributed by atoms with Gasteiger partial charge in [-0.1, -0.05) is 23.8 Å². The van der Waals surface area contributed by atoms with E-state index in [2.05, 4.69) is 5.32 Å². The van der Waals surface area contributed by atoms with Gasteiger partial charge in [-0.05, 0) is 42.6 Å².